The molecule has 0 unspecified atom stereocenters. The van der Waals surface area contributed by atoms with E-state index in [1.165, 1.54) is 16.7 Å². The monoisotopic (exact) mass is 481 g/mol. The molecule has 0 aliphatic carbocycles. The van der Waals surface area contributed by atoms with Crippen molar-refractivity contribution in [1.29, 1.82) is 0 Å². The van der Waals surface area contributed by atoms with Crippen LogP contribution in [0.4, 0.5) is 0 Å². The standard InChI is InChI=1S/C28H36ClN3O2/c1-18(2)25(31-26(33)24-15-20-7-5-6-8-21(20)16-30-24)27(34)32-14-13-23(28(3,4)17-32)19-9-11-22(29)12-10-19/h5-12,18,23-25,30H,13-17H2,1-4H3,(H,31,33)/t23-,24-,25-/m1/s1. The molecule has 0 spiro atoms. The van der Waals surface area contributed by atoms with Crippen molar-refractivity contribution in [3.05, 3.63) is 70.2 Å². The molecule has 182 valence electrons. The first-order chi connectivity index (χ1) is 16.2. The molecule has 2 aromatic carbocycles. The molecular weight excluding hydrogens is 446 g/mol. The normalized spacial score (nSPS) is 22.7. The van der Waals surface area contributed by atoms with Crippen molar-refractivity contribution in [3.63, 3.8) is 0 Å². The molecule has 2 N–H and O–H groups in total. The van der Waals surface area contributed by atoms with Crippen molar-refractivity contribution in [1.82, 2.24) is 15.5 Å². The Bertz CT molecular complexity index is 1030. The van der Waals surface area contributed by atoms with Crippen molar-refractivity contribution in [3.8, 4) is 0 Å². The van der Waals surface area contributed by atoms with E-state index < -0.39 is 6.04 Å². The Kier molecular flexibility index (Phi) is 7.34. The van der Waals surface area contributed by atoms with Crippen LogP contribution in [-0.2, 0) is 22.6 Å². The Morgan fingerprint density at radius 1 is 1.09 bits per heavy atom. The second kappa shape index (κ2) is 10.1. The van der Waals surface area contributed by atoms with Crippen LogP contribution in [0.5, 0.6) is 0 Å². The van der Waals surface area contributed by atoms with Crippen molar-refractivity contribution in [2.75, 3.05) is 13.1 Å². The lowest BCUT2D eigenvalue weighted by Crippen LogP contribution is -2.58. The van der Waals surface area contributed by atoms with Crippen LogP contribution in [0.25, 0.3) is 0 Å². The van der Waals surface area contributed by atoms with Crippen LogP contribution in [0.1, 0.15) is 56.7 Å². The van der Waals surface area contributed by atoms with Gasteiger partial charge in [0.05, 0.1) is 6.04 Å². The largest absolute Gasteiger partial charge is 0.343 e. The lowest BCUT2D eigenvalue weighted by molar-refractivity contribution is -0.141. The molecule has 2 aromatic rings. The summed E-state index contributed by atoms with van der Waals surface area (Å²) in [7, 11) is 0. The number of benzene rings is 2. The highest BCUT2D eigenvalue weighted by Gasteiger charge is 2.41. The molecule has 0 saturated carbocycles. The first-order valence-electron chi connectivity index (χ1n) is 12.3. The number of nitrogens with zero attached hydrogens (tertiary/aromatic N) is 1. The molecule has 3 atom stereocenters. The van der Waals surface area contributed by atoms with Gasteiger partial charge >= 0.3 is 0 Å². The van der Waals surface area contributed by atoms with Crippen molar-refractivity contribution >= 4 is 23.4 Å². The third-order valence-corrected chi connectivity index (χ3v) is 7.69. The number of nitrogens with one attached hydrogen (secondary N) is 2. The molecule has 0 aromatic heterocycles. The van der Waals surface area contributed by atoms with E-state index in [2.05, 4.69) is 48.7 Å². The van der Waals surface area contributed by atoms with Gasteiger partial charge in [-0.1, -0.05) is 75.7 Å². The van der Waals surface area contributed by atoms with E-state index in [0.29, 0.717) is 32.0 Å². The zero-order chi connectivity index (χ0) is 24.5. The smallest absolute Gasteiger partial charge is 0.245 e. The quantitative estimate of drug-likeness (QED) is 0.659. The van der Waals surface area contributed by atoms with Gasteiger partial charge in [-0.15, -0.1) is 0 Å². The number of rotatable bonds is 5. The van der Waals surface area contributed by atoms with E-state index in [1.54, 1.807) is 0 Å². The highest BCUT2D eigenvalue weighted by molar-refractivity contribution is 6.30. The Morgan fingerprint density at radius 3 is 2.41 bits per heavy atom. The minimum atomic E-state index is -0.533. The molecule has 34 heavy (non-hydrogen) atoms. The van der Waals surface area contributed by atoms with Gasteiger partial charge in [0.2, 0.25) is 11.8 Å². The molecule has 0 radical (unpaired) electrons. The van der Waals surface area contributed by atoms with Gasteiger partial charge in [-0.25, -0.2) is 0 Å². The van der Waals surface area contributed by atoms with Crippen molar-refractivity contribution < 1.29 is 9.59 Å². The maximum Gasteiger partial charge on any atom is 0.245 e. The molecule has 6 heteroatoms. The predicted molar refractivity (Wildman–Crippen MR) is 137 cm³/mol. The van der Waals surface area contributed by atoms with E-state index in [4.69, 9.17) is 11.6 Å². The van der Waals surface area contributed by atoms with Gasteiger partial charge in [-0.05, 0) is 58.9 Å². The minimum Gasteiger partial charge on any atom is -0.343 e. The molecule has 4 rings (SSSR count). The fourth-order valence-corrected chi connectivity index (χ4v) is 5.59. The number of carbonyl (C=O) groups is 2. The van der Waals surface area contributed by atoms with Crippen molar-refractivity contribution in [2.24, 2.45) is 11.3 Å². The fraction of sp³-hybridized carbons (Fsp3) is 0.500. The van der Waals surface area contributed by atoms with Crippen LogP contribution in [0.3, 0.4) is 0 Å². The van der Waals surface area contributed by atoms with E-state index in [0.717, 1.165) is 11.4 Å². The topological polar surface area (TPSA) is 61.4 Å². The van der Waals surface area contributed by atoms with Gasteiger partial charge in [0.1, 0.15) is 6.04 Å². The Balaban J connectivity index is 1.42. The van der Waals surface area contributed by atoms with Crippen LogP contribution in [0, 0.1) is 11.3 Å². The number of piperidine rings is 1. The number of hydrogen-bond donors (Lipinski definition) is 2. The lowest BCUT2D eigenvalue weighted by Gasteiger charge is -2.46. The second-order valence-electron chi connectivity index (χ2n) is 10.8. The summed E-state index contributed by atoms with van der Waals surface area (Å²) in [6.07, 6.45) is 1.53. The number of halogens is 1. The average molecular weight is 482 g/mol. The molecular formula is C28H36ClN3O2. The summed E-state index contributed by atoms with van der Waals surface area (Å²) in [5.41, 5.74) is 3.61. The lowest BCUT2D eigenvalue weighted by atomic mass is 9.70. The SMILES string of the molecule is CC(C)[C@@H](NC(=O)[C@H]1Cc2ccccc2CN1)C(=O)N1CC[C@H](c2ccc(Cl)cc2)C(C)(C)C1. The highest BCUT2D eigenvalue weighted by atomic mass is 35.5. The summed E-state index contributed by atoms with van der Waals surface area (Å²) in [5.74, 6) is 0.274. The maximum atomic E-state index is 13.6. The third kappa shape index (κ3) is 5.31. The Morgan fingerprint density at radius 2 is 1.76 bits per heavy atom. The van der Waals surface area contributed by atoms with E-state index >= 15 is 0 Å². The summed E-state index contributed by atoms with van der Waals surface area (Å²) >= 11 is 6.08. The summed E-state index contributed by atoms with van der Waals surface area (Å²) in [4.78, 5) is 28.7. The summed E-state index contributed by atoms with van der Waals surface area (Å²) in [5, 5.41) is 7.15. The second-order valence-corrected chi connectivity index (χ2v) is 11.2. The zero-order valence-electron chi connectivity index (χ0n) is 20.6. The van der Waals surface area contributed by atoms with Gasteiger partial charge < -0.3 is 15.5 Å². The van der Waals surface area contributed by atoms with E-state index in [-0.39, 0.29) is 29.2 Å². The van der Waals surface area contributed by atoms with E-state index in [1.807, 2.05) is 43.0 Å². The highest BCUT2D eigenvalue weighted by Crippen LogP contribution is 2.42. The molecule has 1 fully saturated rings. The molecule has 2 aliphatic heterocycles. The van der Waals surface area contributed by atoms with Crippen LogP contribution in [-0.4, -0.2) is 41.9 Å². The van der Waals surface area contributed by atoms with Gasteiger partial charge in [0.25, 0.3) is 0 Å². The Hall–Kier alpha value is -2.37. The summed E-state index contributed by atoms with van der Waals surface area (Å²) in [6.45, 7) is 10.4. The fourth-order valence-electron chi connectivity index (χ4n) is 5.46. The van der Waals surface area contributed by atoms with Crippen LogP contribution >= 0.6 is 11.6 Å². The molecule has 5 nitrogen and oxygen atoms in total. The number of amides is 2. The molecule has 2 aliphatic rings. The van der Waals surface area contributed by atoms with Crippen LogP contribution < -0.4 is 10.6 Å². The van der Waals surface area contributed by atoms with Crippen molar-refractivity contribution in [2.45, 2.75) is 65.1 Å². The van der Waals surface area contributed by atoms with Gasteiger partial charge in [0, 0.05) is 24.7 Å². The number of carbonyl (C=O) groups excluding carboxylic acids is 2. The molecule has 1 saturated heterocycles. The first kappa shape index (κ1) is 24.7. The minimum absolute atomic E-state index is 0.00410. The molecule has 0 bridgehead atoms. The summed E-state index contributed by atoms with van der Waals surface area (Å²) < 4.78 is 0. The Labute approximate surface area is 208 Å². The maximum absolute atomic E-state index is 13.6. The number of likely N-dealkylation sites (tertiary alicyclic amines) is 1. The molecule has 2 amide bonds. The number of hydrogen-bond acceptors (Lipinski definition) is 3. The van der Waals surface area contributed by atoms with Gasteiger partial charge in [0.15, 0.2) is 0 Å². The first-order valence-corrected chi connectivity index (χ1v) is 12.7. The average Bonchev–Trinajstić information content (AvgIpc) is 2.81. The van der Waals surface area contributed by atoms with Gasteiger partial charge in [-0.2, -0.15) is 0 Å². The van der Waals surface area contributed by atoms with Crippen LogP contribution in [0.2, 0.25) is 5.02 Å². The van der Waals surface area contributed by atoms with Gasteiger partial charge in [-0.3, -0.25) is 9.59 Å². The zero-order valence-corrected chi connectivity index (χ0v) is 21.4. The van der Waals surface area contributed by atoms with Crippen LogP contribution in [0.15, 0.2) is 48.5 Å². The predicted octanol–water partition coefficient (Wildman–Crippen LogP) is 4.54. The number of fused-ring (bicyclic) bond motifs is 1. The third-order valence-electron chi connectivity index (χ3n) is 7.44. The van der Waals surface area contributed by atoms with E-state index in [9.17, 15) is 9.59 Å². The summed E-state index contributed by atoms with van der Waals surface area (Å²) in [6, 6.07) is 15.4. The molecule has 2 heterocycles.